The molecule has 1 N–H and O–H groups in total. The monoisotopic (exact) mass is 400 g/mol. The Morgan fingerprint density at radius 3 is 2.48 bits per heavy atom. The van der Waals surface area contributed by atoms with Gasteiger partial charge in [0.05, 0.1) is 20.8 Å². The smallest absolute Gasteiger partial charge is 0.165 e. The van der Waals surface area contributed by atoms with Crippen LogP contribution in [0, 0.1) is 5.41 Å². The van der Waals surface area contributed by atoms with Crippen molar-refractivity contribution in [1.82, 2.24) is 9.80 Å². The van der Waals surface area contributed by atoms with Crippen LogP contribution in [-0.2, 0) is 19.7 Å². The molecule has 0 unspecified atom stereocenters. The van der Waals surface area contributed by atoms with Crippen LogP contribution >= 0.6 is 0 Å². The number of para-hydroxylation sites is 1. The van der Waals surface area contributed by atoms with E-state index in [2.05, 4.69) is 15.9 Å². The topological polar surface area (TPSA) is 58.3 Å². The molecule has 0 bridgehead atoms. The lowest BCUT2D eigenvalue weighted by molar-refractivity contribution is 0.0849. The van der Waals surface area contributed by atoms with Crippen molar-refractivity contribution in [3.05, 3.63) is 47.4 Å². The largest absolute Gasteiger partial charge is 0.493 e. The average Bonchev–Trinajstić information content (AvgIpc) is 3.35. The summed E-state index contributed by atoms with van der Waals surface area (Å²) >= 11 is 0. The van der Waals surface area contributed by atoms with E-state index in [4.69, 9.17) is 13.9 Å². The minimum absolute atomic E-state index is 0.0351. The fourth-order valence-electron chi connectivity index (χ4n) is 5.07. The first-order valence-corrected chi connectivity index (χ1v) is 10.5. The maximum absolute atomic E-state index is 9.20. The minimum Gasteiger partial charge on any atom is -0.493 e. The first kappa shape index (κ1) is 20.3. The van der Waals surface area contributed by atoms with Gasteiger partial charge in [-0.2, -0.15) is 0 Å². The van der Waals surface area contributed by atoms with Gasteiger partial charge in [0.1, 0.15) is 18.1 Å². The zero-order chi connectivity index (χ0) is 20.3. The molecule has 6 nitrogen and oxygen atoms in total. The summed E-state index contributed by atoms with van der Waals surface area (Å²) in [6.07, 6.45) is 3.75. The Bertz CT molecular complexity index is 821. The lowest BCUT2D eigenvalue weighted by atomic mass is 9.79. The Hall–Kier alpha value is -2.02. The molecule has 2 aliphatic rings. The van der Waals surface area contributed by atoms with E-state index in [1.807, 2.05) is 24.3 Å². The number of rotatable bonds is 7. The second-order valence-corrected chi connectivity index (χ2v) is 8.45. The van der Waals surface area contributed by atoms with Crippen LogP contribution in [-0.4, -0.2) is 55.3 Å². The van der Waals surface area contributed by atoms with Gasteiger partial charge < -0.3 is 19.0 Å². The van der Waals surface area contributed by atoms with Crippen LogP contribution < -0.4 is 9.47 Å². The van der Waals surface area contributed by atoms with Gasteiger partial charge >= 0.3 is 0 Å². The van der Waals surface area contributed by atoms with Gasteiger partial charge in [0.15, 0.2) is 11.5 Å². The molecule has 1 spiro atoms. The molecule has 4 rings (SSSR count). The van der Waals surface area contributed by atoms with Gasteiger partial charge in [0.25, 0.3) is 0 Å². The van der Waals surface area contributed by atoms with Crippen LogP contribution in [0.15, 0.2) is 34.7 Å². The third kappa shape index (κ3) is 4.44. The number of ether oxygens (including phenoxy) is 2. The highest BCUT2D eigenvalue weighted by molar-refractivity contribution is 5.46. The predicted octanol–water partition coefficient (Wildman–Crippen LogP) is 3.28. The highest BCUT2D eigenvalue weighted by Gasteiger charge is 2.41. The molecule has 0 saturated carbocycles. The summed E-state index contributed by atoms with van der Waals surface area (Å²) in [6.45, 7) is 6.13. The van der Waals surface area contributed by atoms with Crippen molar-refractivity contribution in [2.24, 2.45) is 5.41 Å². The third-order valence-corrected chi connectivity index (χ3v) is 6.39. The summed E-state index contributed by atoms with van der Waals surface area (Å²) in [5.41, 5.74) is 1.54. The molecule has 2 saturated heterocycles. The SMILES string of the molecule is COc1cccc(CN2CCC[C@]3(CCN(Cc4ccc(CO)o4)C3)C2)c1OC. The molecule has 1 aromatic carbocycles. The van der Waals surface area contributed by atoms with Gasteiger partial charge in [-0.25, -0.2) is 0 Å². The average molecular weight is 401 g/mol. The van der Waals surface area contributed by atoms with Crippen molar-refractivity contribution in [2.45, 2.75) is 39.0 Å². The molecule has 158 valence electrons. The van der Waals surface area contributed by atoms with Gasteiger partial charge in [-0.1, -0.05) is 12.1 Å². The Morgan fingerprint density at radius 1 is 0.966 bits per heavy atom. The van der Waals surface area contributed by atoms with Crippen molar-refractivity contribution < 1.29 is 19.0 Å². The number of benzene rings is 1. The quantitative estimate of drug-likeness (QED) is 0.770. The molecular formula is C23H32N2O4. The lowest BCUT2D eigenvalue weighted by Crippen LogP contribution is -2.44. The van der Waals surface area contributed by atoms with Crippen LogP contribution in [0.3, 0.4) is 0 Å². The molecular weight excluding hydrogens is 368 g/mol. The number of hydrogen-bond acceptors (Lipinski definition) is 6. The van der Waals surface area contributed by atoms with Crippen molar-refractivity contribution >= 4 is 0 Å². The summed E-state index contributed by atoms with van der Waals surface area (Å²) in [5.74, 6) is 3.23. The van der Waals surface area contributed by atoms with Crippen LogP contribution in [0.5, 0.6) is 11.5 Å². The van der Waals surface area contributed by atoms with E-state index < -0.39 is 0 Å². The Labute approximate surface area is 173 Å². The van der Waals surface area contributed by atoms with Gasteiger partial charge in [0.2, 0.25) is 0 Å². The van der Waals surface area contributed by atoms with Gasteiger partial charge in [0, 0.05) is 25.2 Å². The summed E-state index contributed by atoms with van der Waals surface area (Å²) in [7, 11) is 3.40. The summed E-state index contributed by atoms with van der Waals surface area (Å²) in [6, 6.07) is 9.98. The number of methoxy groups -OCH3 is 2. The Kier molecular flexibility index (Phi) is 6.13. The van der Waals surface area contributed by atoms with E-state index >= 15 is 0 Å². The number of likely N-dealkylation sites (tertiary alicyclic amines) is 2. The molecule has 2 aromatic rings. The van der Waals surface area contributed by atoms with Crippen molar-refractivity contribution in [1.29, 1.82) is 0 Å². The maximum Gasteiger partial charge on any atom is 0.165 e. The highest BCUT2D eigenvalue weighted by atomic mass is 16.5. The molecule has 0 amide bonds. The summed E-state index contributed by atoms with van der Waals surface area (Å²) < 4.78 is 16.8. The standard InChI is InChI=1S/C23H32N2O4/c1-27-21-6-3-5-18(22(21)28-2)13-24-11-4-9-23(16-24)10-12-25(17-23)14-19-7-8-20(15-26)29-19/h3,5-8,26H,4,9-17H2,1-2H3/t23-/m0/s1. The maximum atomic E-state index is 9.20. The molecule has 29 heavy (non-hydrogen) atoms. The van der Waals surface area contributed by atoms with Crippen molar-refractivity contribution in [3.63, 3.8) is 0 Å². The fourth-order valence-corrected chi connectivity index (χ4v) is 5.07. The third-order valence-electron chi connectivity index (χ3n) is 6.39. The molecule has 2 fully saturated rings. The second-order valence-electron chi connectivity index (χ2n) is 8.45. The predicted molar refractivity (Wildman–Crippen MR) is 111 cm³/mol. The highest BCUT2D eigenvalue weighted by Crippen LogP contribution is 2.41. The first-order chi connectivity index (χ1) is 14.1. The second kappa shape index (κ2) is 8.78. The van der Waals surface area contributed by atoms with E-state index in [0.717, 1.165) is 56.5 Å². The molecule has 1 aromatic heterocycles. The molecule has 0 aliphatic carbocycles. The molecule has 6 heteroatoms. The van der Waals surface area contributed by atoms with Gasteiger partial charge in [-0.05, 0) is 56.0 Å². The van der Waals surface area contributed by atoms with E-state index in [9.17, 15) is 5.11 Å². The van der Waals surface area contributed by atoms with Crippen LogP contribution in [0.25, 0.3) is 0 Å². The normalized spacial score (nSPS) is 23.0. The molecule has 1 atom stereocenters. The zero-order valence-electron chi connectivity index (χ0n) is 17.5. The summed E-state index contributed by atoms with van der Waals surface area (Å²) in [4.78, 5) is 5.07. The van der Waals surface area contributed by atoms with Crippen LogP contribution in [0.1, 0.15) is 36.3 Å². The lowest BCUT2D eigenvalue weighted by Gasteiger charge is -2.40. The van der Waals surface area contributed by atoms with Crippen molar-refractivity contribution in [2.75, 3.05) is 40.4 Å². The zero-order valence-corrected chi connectivity index (χ0v) is 17.5. The number of aliphatic hydroxyl groups is 1. The number of aliphatic hydroxyl groups excluding tert-OH is 1. The summed E-state index contributed by atoms with van der Waals surface area (Å²) in [5, 5.41) is 9.20. The fraction of sp³-hybridized carbons (Fsp3) is 0.565. The van der Waals surface area contributed by atoms with Crippen LogP contribution in [0.4, 0.5) is 0 Å². The van der Waals surface area contributed by atoms with Crippen LogP contribution in [0.2, 0.25) is 0 Å². The van der Waals surface area contributed by atoms with E-state index in [-0.39, 0.29) is 6.61 Å². The van der Waals surface area contributed by atoms with Gasteiger partial charge in [-0.15, -0.1) is 0 Å². The van der Waals surface area contributed by atoms with Gasteiger partial charge in [-0.3, -0.25) is 9.80 Å². The molecule has 3 heterocycles. The number of furan rings is 1. The first-order valence-electron chi connectivity index (χ1n) is 10.5. The number of piperidine rings is 1. The number of hydrogen-bond donors (Lipinski definition) is 1. The number of nitrogens with zero attached hydrogens (tertiary/aromatic N) is 2. The Balaban J connectivity index is 1.40. The van der Waals surface area contributed by atoms with E-state index in [0.29, 0.717) is 11.2 Å². The minimum atomic E-state index is -0.0351. The van der Waals surface area contributed by atoms with E-state index in [1.54, 1.807) is 14.2 Å². The Morgan fingerprint density at radius 2 is 1.76 bits per heavy atom. The molecule has 0 radical (unpaired) electrons. The molecule has 2 aliphatic heterocycles. The van der Waals surface area contributed by atoms with Crippen molar-refractivity contribution in [3.8, 4) is 11.5 Å². The van der Waals surface area contributed by atoms with E-state index in [1.165, 1.54) is 24.8 Å².